The molecule has 0 radical (unpaired) electrons. The molecule has 1 amide bonds. The van der Waals surface area contributed by atoms with E-state index >= 15 is 0 Å². The van der Waals surface area contributed by atoms with Crippen molar-refractivity contribution in [2.45, 2.75) is 52.2 Å². The molecule has 1 aliphatic rings. The highest BCUT2D eigenvalue weighted by Gasteiger charge is 2.28. The molecule has 2 aromatic heterocycles. The molecule has 0 aliphatic carbocycles. The largest absolute Gasteiger partial charge is 0.497 e. The van der Waals surface area contributed by atoms with E-state index in [2.05, 4.69) is 30.7 Å². The average molecular weight is 423 g/mol. The zero-order valence-electron chi connectivity index (χ0n) is 18.6. The smallest absolute Gasteiger partial charge is 0.223 e. The first kappa shape index (κ1) is 21.0. The first-order valence-corrected chi connectivity index (χ1v) is 10.7. The van der Waals surface area contributed by atoms with Crippen molar-refractivity contribution in [2.24, 2.45) is 0 Å². The first-order valence-electron chi connectivity index (χ1n) is 10.7. The summed E-state index contributed by atoms with van der Waals surface area (Å²) in [4.78, 5) is 19.6. The van der Waals surface area contributed by atoms with E-state index in [9.17, 15) is 4.79 Å². The van der Waals surface area contributed by atoms with Gasteiger partial charge in [0.1, 0.15) is 28.8 Å². The van der Waals surface area contributed by atoms with E-state index in [0.717, 1.165) is 34.4 Å². The van der Waals surface area contributed by atoms with Crippen LogP contribution in [-0.2, 0) is 24.3 Å². The van der Waals surface area contributed by atoms with E-state index in [-0.39, 0.29) is 11.4 Å². The lowest BCUT2D eigenvalue weighted by Gasteiger charge is -2.30. The molecule has 1 N–H and O–H groups in total. The fourth-order valence-corrected chi connectivity index (χ4v) is 3.82. The van der Waals surface area contributed by atoms with Crippen LogP contribution in [0.25, 0.3) is 11.3 Å². The van der Waals surface area contributed by atoms with Crippen LogP contribution in [0.15, 0.2) is 47.1 Å². The number of aryl methyl sites for hydroxylation is 1. The summed E-state index contributed by atoms with van der Waals surface area (Å²) in [5.41, 5.74) is 1.80. The molecule has 3 aromatic rings. The number of methoxy groups -OCH3 is 1. The van der Waals surface area contributed by atoms with E-state index in [1.54, 1.807) is 13.4 Å². The number of rotatable bonds is 6. The SMILES string of the molecule is COc1ccc(-c2nc3n(c2NC(C)(C)C)CCN(C(=O)CCc2ccco2)C3)cc1. The van der Waals surface area contributed by atoms with Crippen molar-refractivity contribution in [1.82, 2.24) is 14.5 Å². The van der Waals surface area contributed by atoms with Gasteiger partial charge in [-0.05, 0) is 57.2 Å². The Kier molecular flexibility index (Phi) is 5.76. The van der Waals surface area contributed by atoms with Crippen molar-refractivity contribution in [3.63, 3.8) is 0 Å². The Morgan fingerprint density at radius 3 is 2.61 bits per heavy atom. The van der Waals surface area contributed by atoms with Gasteiger partial charge in [-0.3, -0.25) is 4.79 Å². The van der Waals surface area contributed by atoms with Crippen LogP contribution in [0, 0.1) is 0 Å². The highest BCUT2D eigenvalue weighted by molar-refractivity contribution is 5.77. The van der Waals surface area contributed by atoms with Gasteiger partial charge in [0.25, 0.3) is 0 Å². The van der Waals surface area contributed by atoms with Gasteiger partial charge in [0, 0.05) is 37.0 Å². The molecule has 0 spiro atoms. The highest BCUT2D eigenvalue weighted by Crippen LogP contribution is 2.33. The minimum Gasteiger partial charge on any atom is -0.497 e. The molecule has 0 saturated carbocycles. The molecule has 164 valence electrons. The van der Waals surface area contributed by atoms with Crippen LogP contribution >= 0.6 is 0 Å². The molecule has 1 aliphatic heterocycles. The maximum atomic E-state index is 12.8. The van der Waals surface area contributed by atoms with E-state index in [1.165, 1.54) is 0 Å². The molecule has 7 heteroatoms. The van der Waals surface area contributed by atoms with Crippen LogP contribution < -0.4 is 10.1 Å². The second-order valence-electron chi connectivity index (χ2n) is 8.88. The lowest BCUT2D eigenvalue weighted by Crippen LogP contribution is -2.39. The summed E-state index contributed by atoms with van der Waals surface area (Å²) < 4.78 is 12.9. The monoisotopic (exact) mass is 422 g/mol. The molecule has 1 aromatic carbocycles. The summed E-state index contributed by atoms with van der Waals surface area (Å²) in [6, 6.07) is 11.7. The lowest BCUT2D eigenvalue weighted by molar-refractivity contribution is -0.132. The zero-order chi connectivity index (χ0) is 22.0. The summed E-state index contributed by atoms with van der Waals surface area (Å²) in [6.07, 6.45) is 2.69. The first-order chi connectivity index (χ1) is 14.8. The Balaban J connectivity index is 1.58. The second-order valence-corrected chi connectivity index (χ2v) is 8.88. The van der Waals surface area contributed by atoms with E-state index in [4.69, 9.17) is 14.1 Å². The van der Waals surface area contributed by atoms with Crippen LogP contribution in [0.5, 0.6) is 5.75 Å². The Bertz CT molecular complexity index is 1030. The number of carbonyl (C=O) groups excluding carboxylic acids is 1. The fourth-order valence-electron chi connectivity index (χ4n) is 3.82. The summed E-state index contributed by atoms with van der Waals surface area (Å²) in [5, 5.41) is 3.63. The van der Waals surface area contributed by atoms with Gasteiger partial charge in [0.05, 0.1) is 19.9 Å². The number of nitrogens with one attached hydrogen (secondary N) is 1. The van der Waals surface area contributed by atoms with Crippen molar-refractivity contribution in [3.8, 4) is 17.0 Å². The summed E-state index contributed by atoms with van der Waals surface area (Å²) >= 11 is 0. The topological polar surface area (TPSA) is 72.5 Å². The lowest BCUT2D eigenvalue weighted by atomic mass is 10.1. The maximum absolute atomic E-state index is 12.8. The Hall–Kier alpha value is -3.22. The minimum absolute atomic E-state index is 0.117. The van der Waals surface area contributed by atoms with E-state index < -0.39 is 0 Å². The van der Waals surface area contributed by atoms with Crippen LogP contribution in [0.2, 0.25) is 0 Å². The maximum Gasteiger partial charge on any atom is 0.223 e. The number of furan rings is 1. The molecule has 0 unspecified atom stereocenters. The van der Waals surface area contributed by atoms with Gasteiger partial charge in [-0.15, -0.1) is 0 Å². The molecule has 0 bridgehead atoms. The standard InChI is InChI=1S/C24H30N4O3/c1-24(2,3)26-23-22(17-7-9-18(30-4)10-8-17)25-20-16-27(13-14-28(20)23)21(29)12-11-19-6-5-15-31-19/h5-10,15,26H,11-14,16H2,1-4H3. The number of hydrogen-bond donors (Lipinski definition) is 1. The third-order valence-electron chi connectivity index (χ3n) is 5.35. The predicted octanol–water partition coefficient (Wildman–Crippen LogP) is 4.34. The molecular weight excluding hydrogens is 392 g/mol. The van der Waals surface area contributed by atoms with Gasteiger partial charge in [-0.1, -0.05) is 0 Å². The fraction of sp³-hybridized carbons (Fsp3) is 0.417. The molecule has 7 nitrogen and oxygen atoms in total. The van der Waals surface area contributed by atoms with Crippen molar-refractivity contribution >= 4 is 11.7 Å². The molecule has 4 rings (SSSR count). The van der Waals surface area contributed by atoms with Crippen LogP contribution in [-0.4, -0.2) is 39.6 Å². The number of nitrogens with zero attached hydrogens (tertiary/aromatic N) is 3. The minimum atomic E-state index is -0.117. The zero-order valence-corrected chi connectivity index (χ0v) is 18.6. The number of amides is 1. The summed E-state index contributed by atoms with van der Waals surface area (Å²) in [5.74, 6) is 3.67. The Morgan fingerprint density at radius 1 is 1.19 bits per heavy atom. The summed E-state index contributed by atoms with van der Waals surface area (Å²) in [6.45, 7) is 8.30. The van der Waals surface area contributed by atoms with Crippen LogP contribution in [0.1, 0.15) is 38.8 Å². The van der Waals surface area contributed by atoms with Gasteiger partial charge in [-0.25, -0.2) is 4.98 Å². The number of imidazole rings is 1. The van der Waals surface area contributed by atoms with Gasteiger partial charge < -0.3 is 23.9 Å². The quantitative estimate of drug-likeness (QED) is 0.640. The molecule has 0 fully saturated rings. The number of carbonyl (C=O) groups is 1. The molecule has 3 heterocycles. The second kappa shape index (κ2) is 8.49. The van der Waals surface area contributed by atoms with E-state index in [1.807, 2.05) is 41.3 Å². The van der Waals surface area contributed by atoms with Crippen molar-refractivity contribution in [2.75, 3.05) is 19.0 Å². The van der Waals surface area contributed by atoms with Gasteiger partial charge >= 0.3 is 0 Å². The Morgan fingerprint density at radius 2 is 1.97 bits per heavy atom. The predicted molar refractivity (Wildman–Crippen MR) is 120 cm³/mol. The van der Waals surface area contributed by atoms with Gasteiger partial charge in [0.15, 0.2) is 0 Å². The number of benzene rings is 1. The number of fused-ring (bicyclic) bond motifs is 1. The normalized spacial score (nSPS) is 13.7. The number of ether oxygens (including phenoxy) is 1. The van der Waals surface area contributed by atoms with Crippen LogP contribution in [0.3, 0.4) is 0 Å². The number of anilines is 1. The average Bonchev–Trinajstić information content (AvgIpc) is 3.39. The third kappa shape index (κ3) is 4.76. The van der Waals surface area contributed by atoms with Crippen molar-refractivity contribution in [1.29, 1.82) is 0 Å². The van der Waals surface area contributed by atoms with Crippen molar-refractivity contribution < 1.29 is 13.9 Å². The number of aromatic nitrogens is 2. The third-order valence-corrected chi connectivity index (χ3v) is 5.35. The van der Waals surface area contributed by atoms with Gasteiger partial charge in [-0.2, -0.15) is 0 Å². The molecule has 0 saturated heterocycles. The number of hydrogen-bond acceptors (Lipinski definition) is 5. The molecule has 31 heavy (non-hydrogen) atoms. The van der Waals surface area contributed by atoms with Crippen molar-refractivity contribution in [3.05, 3.63) is 54.2 Å². The molecular formula is C24H30N4O3. The summed E-state index contributed by atoms with van der Waals surface area (Å²) in [7, 11) is 1.66. The van der Waals surface area contributed by atoms with Crippen LogP contribution in [0.4, 0.5) is 5.82 Å². The highest BCUT2D eigenvalue weighted by atomic mass is 16.5. The Labute approximate surface area is 183 Å². The van der Waals surface area contributed by atoms with Gasteiger partial charge in [0.2, 0.25) is 5.91 Å². The molecule has 0 atom stereocenters. The van der Waals surface area contributed by atoms with E-state index in [0.29, 0.717) is 32.5 Å².